The van der Waals surface area contributed by atoms with Crippen molar-refractivity contribution in [1.29, 1.82) is 0 Å². The average Bonchev–Trinajstić information content (AvgIpc) is 2.40. The molecule has 1 N–H and O–H groups in total. The lowest BCUT2D eigenvalue weighted by atomic mass is 10.5. The van der Waals surface area contributed by atoms with Gasteiger partial charge in [-0.2, -0.15) is 26.7 Å². The monoisotopic (exact) mass is 268 g/mol. The molecule has 0 radical (unpaired) electrons. The molecule has 2 rings (SSSR count). The van der Waals surface area contributed by atoms with Crippen LogP contribution in [0.15, 0.2) is 0 Å². The van der Waals surface area contributed by atoms with Crippen LogP contribution in [0.3, 0.4) is 0 Å². The SMILES string of the molecule is CCNc1nc(N(C)C)nc(N2CCSCC2)n1. The third-order valence-corrected chi connectivity index (χ3v) is 3.58. The number of hydrogen-bond acceptors (Lipinski definition) is 7. The Labute approximate surface area is 112 Å². The van der Waals surface area contributed by atoms with E-state index in [9.17, 15) is 0 Å². The summed E-state index contributed by atoms with van der Waals surface area (Å²) in [6.45, 7) is 4.86. The molecule has 7 heteroatoms. The molecule has 6 nitrogen and oxygen atoms in total. The van der Waals surface area contributed by atoms with Crippen LogP contribution in [0.2, 0.25) is 0 Å². The Hall–Kier alpha value is -1.24. The fourth-order valence-electron chi connectivity index (χ4n) is 1.70. The molecule has 0 unspecified atom stereocenters. The van der Waals surface area contributed by atoms with Crippen LogP contribution in [0.4, 0.5) is 17.8 Å². The second-order valence-electron chi connectivity index (χ2n) is 4.28. The van der Waals surface area contributed by atoms with E-state index in [-0.39, 0.29) is 0 Å². The predicted octanol–water partition coefficient (Wildman–Crippen LogP) is 0.923. The summed E-state index contributed by atoms with van der Waals surface area (Å²) < 4.78 is 0. The Bertz CT molecular complexity index is 391. The van der Waals surface area contributed by atoms with Crippen molar-refractivity contribution in [3.63, 3.8) is 0 Å². The van der Waals surface area contributed by atoms with Gasteiger partial charge in [-0.3, -0.25) is 0 Å². The van der Waals surface area contributed by atoms with Crippen molar-refractivity contribution >= 4 is 29.6 Å². The summed E-state index contributed by atoms with van der Waals surface area (Å²) in [6.07, 6.45) is 0. The van der Waals surface area contributed by atoms with E-state index in [0.717, 1.165) is 37.1 Å². The molecule has 18 heavy (non-hydrogen) atoms. The van der Waals surface area contributed by atoms with Crippen molar-refractivity contribution in [1.82, 2.24) is 15.0 Å². The zero-order valence-corrected chi connectivity index (χ0v) is 12.0. The zero-order chi connectivity index (χ0) is 13.0. The Morgan fingerprint density at radius 1 is 1.22 bits per heavy atom. The lowest BCUT2D eigenvalue weighted by Gasteiger charge is -2.27. The molecular weight excluding hydrogens is 248 g/mol. The minimum Gasteiger partial charge on any atom is -0.354 e. The van der Waals surface area contributed by atoms with E-state index < -0.39 is 0 Å². The van der Waals surface area contributed by atoms with Gasteiger partial charge in [-0.15, -0.1) is 0 Å². The van der Waals surface area contributed by atoms with Gasteiger partial charge in [-0.25, -0.2) is 0 Å². The number of rotatable bonds is 4. The maximum atomic E-state index is 4.52. The van der Waals surface area contributed by atoms with Crippen LogP contribution in [0.1, 0.15) is 6.92 Å². The third-order valence-electron chi connectivity index (χ3n) is 2.64. The molecule has 0 bridgehead atoms. The molecule has 0 aromatic carbocycles. The highest BCUT2D eigenvalue weighted by molar-refractivity contribution is 7.99. The lowest BCUT2D eigenvalue weighted by Crippen LogP contribution is -2.34. The summed E-state index contributed by atoms with van der Waals surface area (Å²) in [5.74, 6) is 4.42. The van der Waals surface area contributed by atoms with E-state index in [1.807, 2.05) is 37.7 Å². The third kappa shape index (κ3) is 3.16. The van der Waals surface area contributed by atoms with E-state index in [4.69, 9.17) is 0 Å². The summed E-state index contributed by atoms with van der Waals surface area (Å²) >= 11 is 1.98. The van der Waals surface area contributed by atoms with E-state index >= 15 is 0 Å². The number of thioether (sulfide) groups is 1. The number of anilines is 3. The van der Waals surface area contributed by atoms with Crippen molar-refractivity contribution < 1.29 is 0 Å². The summed E-state index contributed by atoms with van der Waals surface area (Å²) in [5, 5.41) is 3.16. The van der Waals surface area contributed by atoms with Gasteiger partial charge in [0.25, 0.3) is 0 Å². The summed E-state index contributed by atoms with van der Waals surface area (Å²) in [7, 11) is 3.89. The first-order valence-corrected chi connectivity index (χ1v) is 7.36. The standard InChI is InChI=1S/C11H20N6S/c1-4-12-9-13-10(16(2)3)15-11(14-9)17-5-7-18-8-6-17/h4-8H2,1-3H3,(H,12,13,14,15). The summed E-state index contributed by atoms with van der Waals surface area (Å²) in [6, 6.07) is 0. The maximum Gasteiger partial charge on any atom is 0.232 e. The summed E-state index contributed by atoms with van der Waals surface area (Å²) in [4.78, 5) is 17.5. The molecule has 1 saturated heterocycles. The largest absolute Gasteiger partial charge is 0.354 e. The Morgan fingerprint density at radius 2 is 1.94 bits per heavy atom. The quantitative estimate of drug-likeness (QED) is 0.871. The Balaban J connectivity index is 2.26. The van der Waals surface area contributed by atoms with Gasteiger partial charge in [0, 0.05) is 45.2 Å². The number of hydrogen-bond donors (Lipinski definition) is 1. The Morgan fingerprint density at radius 3 is 2.56 bits per heavy atom. The topological polar surface area (TPSA) is 57.2 Å². The molecular formula is C11H20N6S. The number of nitrogens with zero attached hydrogens (tertiary/aromatic N) is 5. The first-order valence-electron chi connectivity index (χ1n) is 6.20. The predicted molar refractivity (Wildman–Crippen MR) is 77.9 cm³/mol. The average molecular weight is 268 g/mol. The minimum atomic E-state index is 0.657. The zero-order valence-electron chi connectivity index (χ0n) is 11.2. The van der Waals surface area contributed by atoms with Gasteiger partial charge >= 0.3 is 0 Å². The second kappa shape index (κ2) is 6.08. The fourth-order valence-corrected chi connectivity index (χ4v) is 2.60. The van der Waals surface area contributed by atoms with Crippen LogP contribution in [0.25, 0.3) is 0 Å². The molecule has 1 aliphatic heterocycles. The molecule has 1 fully saturated rings. The maximum absolute atomic E-state index is 4.52. The van der Waals surface area contributed by atoms with Crippen molar-refractivity contribution in [2.75, 3.05) is 60.4 Å². The molecule has 1 aromatic heterocycles. The van der Waals surface area contributed by atoms with Crippen molar-refractivity contribution in [2.45, 2.75) is 6.92 Å². The first kappa shape index (κ1) is 13.2. The van der Waals surface area contributed by atoms with Crippen LogP contribution in [-0.2, 0) is 0 Å². The lowest BCUT2D eigenvalue weighted by molar-refractivity contribution is 0.801. The van der Waals surface area contributed by atoms with Crippen LogP contribution < -0.4 is 15.1 Å². The molecule has 0 atom stereocenters. The van der Waals surface area contributed by atoms with Gasteiger partial charge in [-0.1, -0.05) is 0 Å². The van der Waals surface area contributed by atoms with Gasteiger partial charge < -0.3 is 15.1 Å². The minimum absolute atomic E-state index is 0.657. The molecule has 100 valence electrons. The molecule has 0 amide bonds. The van der Waals surface area contributed by atoms with Gasteiger partial charge in [0.15, 0.2) is 0 Å². The molecule has 1 aromatic rings. The first-order chi connectivity index (χ1) is 8.70. The van der Waals surface area contributed by atoms with Crippen LogP contribution in [0, 0.1) is 0 Å². The number of nitrogens with one attached hydrogen (secondary N) is 1. The second-order valence-corrected chi connectivity index (χ2v) is 5.51. The van der Waals surface area contributed by atoms with Crippen molar-refractivity contribution in [3.8, 4) is 0 Å². The smallest absolute Gasteiger partial charge is 0.232 e. The van der Waals surface area contributed by atoms with Gasteiger partial charge in [0.05, 0.1) is 0 Å². The van der Waals surface area contributed by atoms with Gasteiger partial charge in [0.1, 0.15) is 0 Å². The van der Waals surface area contributed by atoms with Crippen molar-refractivity contribution in [3.05, 3.63) is 0 Å². The molecule has 0 aliphatic carbocycles. The molecule has 0 saturated carbocycles. The van der Waals surface area contributed by atoms with Crippen LogP contribution >= 0.6 is 11.8 Å². The highest BCUT2D eigenvalue weighted by Crippen LogP contribution is 2.18. The van der Waals surface area contributed by atoms with Crippen LogP contribution in [0.5, 0.6) is 0 Å². The Kier molecular flexibility index (Phi) is 4.46. The highest BCUT2D eigenvalue weighted by Gasteiger charge is 2.16. The van der Waals surface area contributed by atoms with E-state index in [2.05, 4.69) is 25.2 Å². The van der Waals surface area contributed by atoms with Gasteiger partial charge in [0.2, 0.25) is 17.8 Å². The fraction of sp³-hybridized carbons (Fsp3) is 0.727. The van der Waals surface area contributed by atoms with Gasteiger partial charge in [-0.05, 0) is 6.92 Å². The normalized spacial score (nSPS) is 15.6. The molecule has 2 heterocycles. The number of aromatic nitrogens is 3. The van der Waals surface area contributed by atoms with Crippen molar-refractivity contribution in [2.24, 2.45) is 0 Å². The highest BCUT2D eigenvalue weighted by atomic mass is 32.2. The molecule has 1 aliphatic rings. The summed E-state index contributed by atoms with van der Waals surface area (Å²) in [5.41, 5.74) is 0. The van der Waals surface area contributed by atoms with Crippen LogP contribution in [-0.4, -0.2) is 60.2 Å². The van der Waals surface area contributed by atoms with E-state index in [1.54, 1.807) is 0 Å². The molecule has 0 spiro atoms. The van der Waals surface area contributed by atoms with E-state index in [1.165, 1.54) is 0 Å². The van der Waals surface area contributed by atoms with E-state index in [0.29, 0.717) is 11.9 Å².